The average Bonchev–Trinajstić information content (AvgIpc) is 2.52. The molecule has 0 radical (unpaired) electrons. The van der Waals surface area contributed by atoms with E-state index in [1.807, 2.05) is 0 Å². The van der Waals surface area contributed by atoms with Crippen LogP contribution in [-0.2, 0) is 9.53 Å². The van der Waals surface area contributed by atoms with Crippen LogP contribution in [0.15, 0.2) is 11.5 Å². The van der Waals surface area contributed by atoms with Crippen LogP contribution in [0, 0.1) is 0 Å². The second-order valence-corrected chi connectivity index (χ2v) is 3.49. The Bertz CT molecular complexity index is 302. The number of nitrogens with two attached hydrogens (primary N) is 1. The number of nitrogen functional groups attached to an aromatic ring is 1. The Morgan fingerprint density at radius 1 is 1.79 bits per heavy atom. The van der Waals surface area contributed by atoms with E-state index in [0.29, 0.717) is 23.9 Å². The Balaban J connectivity index is 2.22. The number of esters is 1. The van der Waals surface area contributed by atoms with Crippen LogP contribution in [0.25, 0.3) is 0 Å². The van der Waals surface area contributed by atoms with Crippen molar-refractivity contribution in [1.29, 1.82) is 0 Å². The van der Waals surface area contributed by atoms with E-state index >= 15 is 0 Å². The molecular weight excluding hydrogens is 204 g/mol. The molecule has 7 heteroatoms. The van der Waals surface area contributed by atoms with Gasteiger partial charge in [-0.25, -0.2) is 4.68 Å². The number of carbonyl (C=O) groups excluding carboxylic acids is 1. The number of carbonyl (C=O) groups is 1. The van der Waals surface area contributed by atoms with Gasteiger partial charge in [0.2, 0.25) is 5.16 Å². The predicted octanol–water partition coefficient (Wildman–Crippen LogP) is 0.0372. The van der Waals surface area contributed by atoms with Gasteiger partial charge >= 0.3 is 5.97 Å². The summed E-state index contributed by atoms with van der Waals surface area (Å²) in [6.07, 6.45) is 1.76. The summed E-state index contributed by atoms with van der Waals surface area (Å²) in [5.74, 6) is 5.86. The summed E-state index contributed by atoms with van der Waals surface area (Å²) in [6.45, 7) is 2.19. The molecule has 1 rings (SSSR count). The molecule has 0 bridgehead atoms. The third-order valence-electron chi connectivity index (χ3n) is 1.38. The highest BCUT2D eigenvalue weighted by molar-refractivity contribution is 7.99. The molecule has 0 aliphatic rings. The minimum Gasteiger partial charge on any atom is -0.466 e. The second kappa shape index (κ2) is 5.48. The van der Waals surface area contributed by atoms with Crippen molar-refractivity contribution in [3.05, 3.63) is 6.33 Å². The van der Waals surface area contributed by atoms with E-state index < -0.39 is 0 Å². The van der Waals surface area contributed by atoms with E-state index in [9.17, 15) is 4.79 Å². The lowest BCUT2D eigenvalue weighted by atomic mass is 10.5. The summed E-state index contributed by atoms with van der Waals surface area (Å²) in [4.78, 5) is 10.9. The molecule has 0 aromatic carbocycles. The van der Waals surface area contributed by atoms with Crippen molar-refractivity contribution in [2.75, 3.05) is 18.2 Å². The van der Waals surface area contributed by atoms with Crippen molar-refractivity contribution in [3.8, 4) is 0 Å². The lowest BCUT2D eigenvalue weighted by Crippen LogP contribution is -2.09. The van der Waals surface area contributed by atoms with Gasteiger partial charge in [0.1, 0.15) is 6.33 Å². The summed E-state index contributed by atoms with van der Waals surface area (Å²) in [7, 11) is 0. The normalized spacial score (nSPS) is 10.1. The van der Waals surface area contributed by atoms with Gasteiger partial charge in [-0.3, -0.25) is 4.79 Å². The van der Waals surface area contributed by atoms with Crippen molar-refractivity contribution >= 4 is 17.7 Å². The highest BCUT2D eigenvalue weighted by Crippen LogP contribution is 2.13. The first kappa shape index (κ1) is 10.8. The maximum atomic E-state index is 10.9. The maximum Gasteiger partial charge on any atom is 0.306 e. The zero-order chi connectivity index (χ0) is 10.4. The van der Waals surface area contributed by atoms with Gasteiger partial charge in [0.25, 0.3) is 0 Å². The number of aromatic nitrogens is 3. The van der Waals surface area contributed by atoms with Crippen molar-refractivity contribution in [2.24, 2.45) is 0 Å². The van der Waals surface area contributed by atoms with Gasteiger partial charge in [0.05, 0.1) is 13.0 Å². The van der Waals surface area contributed by atoms with Gasteiger partial charge < -0.3 is 10.6 Å². The van der Waals surface area contributed by atoms with Gasteiger partial charge in [-0.1, -0.05) is 11.8 Å². The molecule has 1 heterocycles. The fraction of sp³-hybridized carbons (Fsp3) is 0.571. The van der Waals surface area contributed by atoms with Crippen molar-refractivity contribution < 1.29 is 9.53 Å². The molecule has 0 amide bonds. The summed E-state index contributed by atoms with van der Waals surface area (Å²) < 4.78 is 6.08. The molecule has 14 heavy (non-hydrogen) atoms. The number of hydrogen-bond acceptors (Lipinski definition) is 6. The molecule has 0 unspecified atom stereocenters. The van der Waals surface area contributed by atoms with Gasteiger partial charge in [-0.05, 0) is 6.92 Å². The quantitative estimate of drug-likeness (QED) is 0.425. The first-order valence-electron chi connectivity index (χ1n) is 4.17. The molecule has 2 N–H and O–H groups in total. The van der Waals surface area contributed by atoms with Crippen LogP contribution in [0.3, 0.4) is 0 Å². The third kappa shape index (κ3) is 3.25. The fourth-order valence-corrected chi connectivity index (χ4v) is 1.55. The minimum atomic E-state index is -0.205. The van der Waals surface area contributed by atoms with Crippen LogP contribution in [-0.4, -0.2) is 33.2 Å². The summed E-state index contributed by atoms with van der Waals surface area (Å²) in [5.41, 5.74) is 0. The summed E-state index contributed by atoms with van der Waals surface area (Å²) in [6, 6.07) is 0. The largest absolute Gasteiger partial charge is 0.466 e. The molecule has 0 spiro atoms. The molecule has 78 valence electrons. The summed E-state index contributed by atoms with van der Waals surface area (Å²) >= 11 is 1.37. The first-order chi connectivity index (χ1) is 6.74. The predicted molar refractivity (Wildman–Crippen MR) is 52.1 cm³/mol. The zero-order valence-corrected chi connectivity index (χ0v) is 8.66. The number of ether oxygens (including phenoxy) is 1. The molecule has 1 aromatic heterocycles. The van der Waals surface area contributed by atoms with Gasteiger partial charge in [0, 0.05) is 5.75 Å². The van der Waals surface area contributed by atoms with Crippen molar-refractivity contribution in [2.45, 2.75) is 18.5 Å². The molecule has 0 aliphatic heterocycles. The SMILES string of the molecule is CCOC(=O)CCSc1nncn1N. The third-order valence-corrected chi connectivity index (χ3v) is 2.34. The number of nitrogens with zero attached hydrogens (tertiary/aromatic N) is 3. The topological polar surface area (TPSA) is 83.0 Å². The van der Waals surface area contributed by atoms with Crippen LogP contribution < -0.4 is 5.84 Å². The Labute approximate surface area is 85.8 Å². The van der Waals surface area contributed by atoms with E-state index in [1.54, 1.807) is 6.92 Å². The van der Waals surface area contributed by atoms with E-state index in [-0.39, 0.29) is 5.97 Å². The lowest BCUT2D eigenvalue weighted by molar-refractivity contribution is -0.142. The first-order valence-corrected chi connectivity index (χ1v) is 5.16. The molecule has 1 aromatic rings. The summed E-state index contributed by atoms with van der Waals surface area (Å²) in [5, 5.41) is 7.96. The molecule has 0 saturated heterocycles. The Kier molecular flexibility index (Phi) is 4.24. The van der Waals surface area contributed by atoms with Gasteiger partial charge in [-0.15, -0.1) is 10.2 Å². The molecule has 0 atom stereocenters. The van der Waals surface area contributed by atoms with Crippen LogP contribution in [0.5, 0.6) is 0 Å². The molecule has 6 nitrogen and oxygen atoms in total. The van der Waals surface area contributed by atoms with Crippen LogP contribution in [0.1, 0.15) is 13.3 Å². The van der Waals surface area contributed by atoms with E-state index in [0.717, 1.165) is 0 Å². The molecular formula is C7H12N4O2S. The van der Waals surface area contributed by atoms with Crippen molar-refractivity contribution in [3.63, 3.8) is 0 Å². The molecule has 0 aliphatic carbocycles. The second-order valence-electron chi connectivity index (χ2n) is 2.42. The highest BCUT2D eigenvalue weighted by atomic mass is 32.2. The zero-order valence-electron chi connectivity index (χ0n) is 7.84. The molecule has 0 saturated carbocycles. The minimum absolute atomic E-state index is 0.205. The number of rotatable bonds is 5. The lowest BCUT2D eigenvalue weighted by Gasteiger charge is -2.00. The van der Waals surface area contributed by atoms with Crippen LogP contribution >= 0.6 is 11.8 Å². The number of hydrogen-bond donors (Lipinski definition) is 1. The van der Waals surface area contributed by atoms with E-state index in [1.165, 1.54) is 22.8 Å². The Morgan fingerprint density at radius 3 is 3.14 bits per heavy atom. The fourth-order valence-electron chi connectivity index (χ4n) is 0.794. The van der Waals surface area contributed by atoms with Crippen LogP contribution in [0.2, 0.25) is 0 Å². The van der Waals surface area contributed by atoms with Gasteiger partial charge in [0.15, 0.2) is 0 Å². The smallest absolute Gasteiger partial charge is 0.306 e. The average molecular weight is 216 g/mol. The molecule has 0 fully saturated rings. The standard InChI is InChI=1S/C7H12N4O2S/c1-2-13-6(12)3-4-14-7-10-9-5-11(7)8/h5H,2-4,8H2,1H3. The van der Waals surface area contributed by atoms with E-state index in [4.69, 9.17) is 10.6 Å². The van der Waals surface area contributed by atoms with Gasteiger partial charge in [-0.2, -0.15) is 0 Å². The number of thioether (sulfide) groups is 1. The highest BCUT2D eigenvalue weighted by Gasteiger charge is 2.05. The Hall–Kier alpha value is -1.24. The maximum absolute atomic E-state index is 10.9. The van der Waals surface area contributed by atoms with E-state index in [2.05, 4.69) is 10.2 Å². The Morgan fingerprint density at radius 2 is 2.57 bits per heavy atom. The monoisotopic (exact) mass is 216 g/mol. The van der Waals surface area contributed by atoms with Crippen LogP contribution in [0.4, 0.5) is 0 Å². The van der Waals surface area contributed by atoms with Crippen molar-refractivity contribution in [1.82, 2.24) is 14.9 Å².